The molecule has 1 N–H and O–H groups in total. The highest BCUT2D eigenvalue weighted by Gasteiger charge is 2.09. The highest BCUT2D eigenvalue weighted by Crippen LogP contribution is 2.30. The molecule has 0 atom stereocenters. The van der Waals surface area contributed by atoms with Crippen molar-refractivity contribution < 1.29 is 14.7 Å². The Kier molecular flexibility index (Phi) is 5.64. The molecule has 0 saturated heterocycles. The van der Waals surface area contributed by atoms with Crippen LogP contribution in [0.5, 0.6) is 11.5 Å². The Morgan fingerprint density at radius 2 is 1.90 bits per heavy atom. The highest BCUT2D eigenvalue weighted by molar-refractivity contribution is 5.84. The molecular weight excluding hydrogens is 266 g/mol. The fourth-order valence-electron chi connectivity index (χ4n) is 2.11. The number of ether oxygens (including phenoxy) is 2. The predicted molar refractivity (Wildman–Crippen MR) is 82.6 cm³/mol. The quantitative estimate of drug-likeness (QED) is 0.366. The highest BCUT2D eigenvalue weighted by atomic mass is 16.5. The lowest BCUT2D eigenvalue weighted by molar-refractivity contribution is 0.288. The van der Waals surface area contributed by atoms with Gasteiger partial charge >= 0.3 is 0 Å². The van der Waals surface area contributed by atoms with Gasteiger partial charge in [-0.3, -0.25) is 0 Å². The fourth-order valence-corrected chi connectivity index (χ4v) is 2.11. The Bertz CT molecular complexity index is 582. The van der Waals surface area contributed by atoms with Crippen LogP contribution in [0.1, 0.15) is 17.5 Å². The van der Waals surface area contributed by atoms with E-state index in [-0.39, 0.29) is 0 Å². The van der Waals surface area contributed by atoms with Gasteiger partial charge in [-0.05, 0) is 30.5 Å². The van der Waals surface area contributed by atoms with Crippen LogP contribution < -0.4 is 9.47 Å². The van der Waals surface area contributed by atoms with Crippen molar-refractivity contribution in [2.45, 2.75) is 12.8 Å². The molecule has 0 bridgehead atoms. The van der Waals surface area contributed by atoms with E-state index in [0.29, 0.717) is 23.7 Å². The van der Waals surface area contributed by atoms with Crippen molar-refractivity contribution >= 4 is 6.21 Å². The van der Waals surface area contributed by atoms with E-state index in [1.165, 1.54) is 11.8 Å². The van der Waals surface area contributed by atoms with E-state index in [9.17, 15) is 0 Å². The summed E-state index contributed by atoms with van der Waals surface area (Å²) in [6.45, 7) is 0.571. The van der Waals surface area contributed by atoms with Crippen LogP contribution in [0.15, 0.2) is 53.7 Å². The molecule has 0 aliphatic carbocycles. The Morgan fingerprint density at radius 3 is 2.62 bits per heavy atom. The Balaban J connectivity index is 1.96. The average Bonchev–Trinajstić information content (AvgIpc) is 2.53. The number of benzene rings is 2. The van der Waals surface area contributed by atoms with Gasteiger partial charge in [0.1, 0.15) is 0 Å². The summed E-state index contributed by atoms with van der Waals surface area (Å²) in [4.78, 5) is 0. The van der Waals surface area contributed by atoms with Gasteiger partial charge in [-0.25, -0.2) is 0 Å². The lowest BCUT2D eigenvalue weighted by atomic mass is 10.1. The molecule has 0 aromatic heterocycles. The first kappa shape index (κ1) is 14.9. The van der Waals surface area contributed by atoms with Crippen LogP contribution in [0, 0.1) is 0 Å². The van der Waals surface area contributed by atoms with E-state index in [1.807, 2.05) is 36.4 Å². The van der Waals surface area contributed by atoms with Crippen molar-refractivity contribution in [3.8, 4) is 11.5 Å². The third-order valence-corrected chi connectivity index (χ3v) is 3.13. The smallest absolute Gasteiger partial charge is 0.170 e. The summed E-state index contributed by atoms with van der Waals surface area (Å²) >= 11 is 0. The predicted octanol–water partition coefficient (Wildman–Crippen LogP) is 3.51. The van der Waals surface area contributed by atoms with E-state index >= 15 is 0 Å². The van der Waals surface area contributed by atoms with Crippen LogP contribution >= 0.6 is 0 Å². The number of methoxy groups -OCH3 is 1. The van der Waals surface area contributed by atoms with Crippen LogP contribution in [0.4, 0.5) is 0 Å². The molecule has 0 spiro atoms. The minimum Gasteiger partial charge on any atom is -0.493 e. The second kappa shape index (κ2) is 7.94. The zero-order valence-electron chi connectivity index (χ0n) is 12.0. The number of para-hydroxylation sites is 1. The standard InChI is InChI=1S/C17H19NO3/c1-20-16-11-5-10-15(13-18-19)17(16)21-12-6-9-14-7-3-2-4-8-14/h2-5,7-8,10-11,13,19H,6,9,12H2,1H3/b18-13+. The van der Waals surface area contributed by atoms with E-state index in [0.717, 1.165) is 12.8 Å². The number of nitrogens with zero attached hydrogens (tertiary/aromatic N) is 1. The van der Waals surface area contributed by atoms with E-state index < -0.39 is 0 Å². The number of aryl methyl sites for hydroxylation is 1. The molecule has 0 aliphatic heterocycles. The Morgan fingerprint density at radius 1 is 1.10 bits per heavy atom. The van der Waals surface area contributed by atoms with Gasteiger partial charge in [-0.15, -0.1) is 0 Å². The summed E-state index contributed by atoms with van der Waals surface area (Å²) in [6.07, 6.45) is 3.20. The van der Waals surface area contributed by atoms with Gasteiger partial charge < -0.3 is 14.7 Å². The Hall–Kier alpha value is -2.49. The van der Waals surface area contributed by atoms with Crippen LogP contribution in [0.2, 0.25) is 0 Å². The van der Waals surface area contributed by atoms with Crippen molar-refractivity contribution in [1.82, 2.24) is 0 Å². The van der Waals surface area contributed by atoms with Crippen molar-refractivity contribution in [2.75, 3.05) is 13.7 Å². The molecule has 0 heterocycles. The molecule has 2 aromatic rings. The average molecular weight is 285 g/mol. The van der Waals surface area contributed by atoms with Gasteiger partial charge in [-0.2, -0.15) is 0 Å². The first-order valence-electron chi connectivity index (χ1n) is 6.86. The molecule has 4 nitrogen and oxygen atoms in total. The summed E-state index contributed by atoms with van der Waals surface area (Å²) in [5.74, 6) is 1.23. The first-order chi connectivity index (χ1) is 10.3. The van der Waals surface area contributed by atoms with Gasteiger partial charge in [-0.1, -0.05) is 41.6 Å². The molecular formula is C17H19NO3. The minimum atomic E-state index is 0.571. The molecule has 0 unspecified atom stereocenters. The molecule has 2 aromatic carbocycles. The molecule has 110 valence electrons. The van der Waals surface area contributed by atoms with Gasteiger partial charge in [0.05, 0.1) is 19.9 Å². The SMILES string of the molecule is COc1cccc(/C=N/O)c1OCCCc1ccccc1. The van der Waals surface area contributed by atoms with Gasteiger partial charge in [0.15, 0.2) is 11.5 Å². The maximum Gasteiger partial charge on any atom is 0.170 e. The maximum absolute atomic E-state index is 8.70. The Labute approximate surface area is 124 Å². The number of hydrogen-bond donors (Lipinski definition) is 1. The molecule has 0 fully saturated rings. The third-order valence-electron chi connectivity index (χ3n) is 3.13. The van der Waals surface area contributed by atoms with E-state index in [4.69, 9.17) is 14.7 Å². The second-order valence-corrected chi connectivity index (χ2v) is 4.56. The number of hydrogen-bond acceptors (Lipinski definition) is 4. The van der Waals surface area contributed by atoms with Crippen LogP contribution in [-0.2, 0) is 6.42 Å². The summed E-state index contributed by atoms with van der Waals surface area (Å²) in [5, 5.41) is 11.8. The lowest BCUT2D eigenvalue weighted by Crippen LogP contribution is -2.03. The maximum atomic E-state index is 8.70. The van der Waals surface area contributed by atoms with Crippen LogP contribution in [-0.4, -0.2) is 25.1 Å². The molecule has 0 amide bonds. The lowest BCUT2D eigenvalue weighted by Gasteiger charge is -2.12. The van der Waals surface area contributed by atoms with E-state index in [2.05, 4.69) is 17.3 Å². The molecule has 0 saturated carbocycles. The number of oxime groups is 1. The van der Waals surface area contributed by atoms with Crippen LogP contribution in [0.3, 0.4) is 0 Å². The van der Waals surface area contributed by atoms with Gasteiger partial charge in [0, 0.05) is 5.56 Å². The zero-order chi connectivity index (χ0) is 14.9. The molecule has 2 rings (SSSR count). The first-order valence-corrected chi connectivity index (χ1v) is 6.86. The van der Waals surface area contributed by atoms with Gasteiger partial charge in [0.2, 0.25) is 0 Å². The van der Waals surface area contributed by atoms with Crippen molar-refractivity contribution in [2.24, 2.45) is 5.16 Å². The fraction of sp³-hybridized carbons (Fsp3) is 0.235. The topological polar surface area (TPSA) is 51.0 Å². The van der Waals surface area contributed by atoms with Crippen molar-refractivity contribution in [3.05, 3.63) is 59.7 Å². The van der Waals surface area contributed by atoms with Gasteiger partial charge in [0.25, 0.3) is 0 Å². The largest absolute Gasteiger partial charge is 0.493 e. The van der Waals surface area contributed by atoms with E-state index in [1.54, 1.807) is 7.11 Å². The second-order valence-electron chi connectivity index (χ2n) is 4.56. The van der Waals surface area contributed by atoms with Crippen LogP contribution in [0.25, 0.3) is 0 Å². The van der Waals surface area contributed by atoms with Crippen molar-refractivity contribution in [3.63, 3.8) is 0 Å². The third kappa shape index (κ3) is 4.24. The summed E-state index contributed by atoms with van der Waals surface area (Å²) in [5.41, 5.74) is 1.98. The molecule has 21 heavy (non-hydrogen) atoms. The minimum absolute atomic E-state index is 0.571. The summed E-state index contributed by atoms with van der Waals surface area (Å²) in [6, 6.07) is 15.7. The number of rotatable bonds is 7. The summed E-state index contributed by atoms with van der Waals surface area (Å²) < 4.78 is 11.1. The summed E-state index contributed by atoms with van der Waals surface area (Å²) in [7, 11) is 1.59. The normalized spacial score (nSPS) is 10.7. The molecule has 4 heteroatoms. The zero-order valence-corrected chi connectivity index (χ0v) is 12.0. The molecule has 0 aliphatic rings. The van der Waals surface area contributed by atoms with Crippen molar-refractivity contribution in [1.29, 1.82) is 0 Å². The monoisotopic (exact) mass is 285 g/mol. The molecule has 0 radical (unpaired) electrons.